The lowest BCUT2D eigenvalue weighted by Crippen LogP contribution is -2.42. The van der Waals surface area contributed by atoms with Gasteiger partial charge in [-0.25, -0.2) is 9.59 Å². The fraction of sp³-hybridized carbons (Fsp3) is 0.250. The first-order valence-electron chi connectivity index (χ1n) is 8.72. The van der Waals surface area contributed by atoms with Crippen LogP contribution in [0.25, 0.3) is 0 Å². The molecule has 1 aliphatic heterocycles. The van der Waals surface area contributed by atoms with Gasteiger partial charge in [0.1, 0.15) is 29.6 Å². The van der Waals surface area contributed by atoms with Gasteiger partial charge < -0.3 is 25.4 Å². The molecule has 4 N–H and O–H groups in total. The number of cyclic esters (lactones) is 1. The summed E-state index contributed by atoms with van der Waals surface area (Å²) in [6, 6.07) is 8.49. The second kappa shape index (κ2) is 8.10. The number of halogens is 1. The minimum Gasteiger partial charge on any atom is -0.506 e. The van der Waals surface area contributed by atoms with Crippen molar-refractivity contribution in [3.63, 3.8) is 0 Å². The summed E-state index contributed by atoms with van der Waals surface area (Å²) < 4.78 is 4.96. The maximum absolute atomic E-state index is 12.7. The Labute approximate surface area is 170 Å². The highest BCUT2D eigenvalue weighted by Gasteiger charge is 2.38. The zero-order valence-electron chi connectivity index (χ0n) is 15.3. The third-order valence-electron chi connectivity index (χ3n) is 4.66. The number of rotatable bonds is 5. The van der Waals surface area contributed by atoms with E-state index in [4.69, 9.17) is 16.3 Å². The molecule has 29 heavy (non-hydrogen) atoms. The molecule has 1 aliphatic rings. The number of carbonyl (C=O) groups excluding carboxylic acids is 2. The molecule has 0 unspecified atom stereocenters. The van der Waals surface area contributed by atoms with Crippen LogP contribution in [0, 0.1) is 0 Å². The van der Waals surface area contributed by atoms with Gasteiger partial charge in [0, 0.05) is 17.0 Å². The molecule has 8 nitrogen and oxygen atoms in total. The Morgan fingerprint density at radius 1 is 1.28 bits per heavy atom. The molecule has 0 bridgehead atoms. The fourth-order valence-electron chi connectivity index (χ4n) is 3.14. The summed E-state index contributed by atoms with van der Waals surface area (Å²) in [6.07, 6.45) is -2.14. The van der Waals surface area contributed by atoms with Crippen LogP contribution < -0.4 is 5.32 Å². The number of carboxylic acids is 1. The lowest BCUT2D eigenvalue weighted by atomic mass is 9.93. The van der Waals surface area contributed by atoms with E-state index in [0.29, 0.717) is 5.56 Å². The maximum Gasteiger partial charge on any atom is 0.342 e. The molecular weight excluding hydrogens is 402 g/mol. The predicted molar refractivity (Wildman–Crippen MR) is 102 cm³/mol. The molecule has 1 amide bonds. The first-order chi connectivity index (χ1) is 13.7. The van der Waals surface area contributed by atoms with E-state index in [1.165, 1.54) is 6.92 Å². The van der Waals surface area contributed by atoms with Crippen molar-refractivity contribution in [1.82, 2.24) is 5.32 Å². The largest absolute Gasteiger partial charge is 0.506 e. The van der Waals surface area contributed by atoms with Crippen molar-refractivity contribution in [2.75, 3.05) is 0 Å². The number of phenols is 1. The van der Waals surface area contributed by atoms with Crippen molar-refractivity contribution in [1.29, 1.82) is 0 Å². The van der Waals surface area contributed by atoms with Crippen molar-refractivity contribution in [2.45, 2.75) is 31.6 Å². The van der Waals surface area contributed by atoms with E-state index < -0.39 is 53.0 Å². The first kappa shape index (κ1) is 20.6. The minimum absolute atomic E-state index is 0.0135. The number of fused-ring (bicyclic) bond motifs is 1. The van der Waals surface area contributed by atoms with Gasteiger partial charge >= 0.3 is 11.9 Å². The Morgan fingerprint density at radius 3 is 2.55 bits per heavy atom. The molecule has 0 saturated heterocycles. The van der Waals surface area contributed by atoms with Gasteiger partial charge in [0.25, 0.3) is 5.91 Å². The SMILES string of the molecule is C[C@H]1OC(=O)c2c(O)c(C(=O)N[C@@H](Cc3ccccc3)C(=O)O)cc(Cl)c2[C@@H]1O. The number of benzene rings is 2. The van der Waals surface area contributed by atoms with Crippen molar-refractivity contribution in [3.8, 4) is 5.75 Å². The van der Waals surface area contributed by atoms with Gasteiger partial charge in [-0.1, -0.05) is 41.9 Å². The second-order valence-corrected chi connectivity index (χ2v) is 7.06. The number of esters is 1. The highest BCUT2D eigenvalue weighted by atomic mass is 35.5. The Morgan fingerprint density at radius 2 is 1.93 bits per heavy atom. The topological polar surface area (TPSA) is 133 Å². The predicted octanol–water partition coefficient (Wildman–Crippen LogP) is 2.06. The van der Waals surface area contributed by atoms with Gasteiger partial charge in [-0.05, 0) is 18.6 Å². The smallest absolute Gasteiger partial charge is 0.342 e. The van der Waals surface area contributed by atoms with Crippen LogP contribution in [0.5, 0.6) is 5.75 Å². The summed E-state index contributed by atoms with van der Waals surface area (Å²) in [4.78, 5) is 36.4. The molecule has 0 aromatic heterocycles. The molecule has 0 spiro atoms. The highest BCUT2D eigenvalue weighted by Crippen LogP contribution is 2.41. The number of aliphatic carboxylic acids is 1. The molecule has 3 rings (SSSR count). The van der Waals surface area contributed by atoms with E-state index in [0.717, 1.165) is 6.07 Å². The summed E-state index contributed by atoms with van der Waals surface area (Å²) in [5, 5.41) is 32.3. The Balaban J connectivity index is 1.93. The van der Waals surface area contributed by atoms with Gasteiger partial charge in [0.05, 0.1) is 5.56 Å². The van der Waals surface area contributed by atoms with E-state index in [-0.39, 0.29) is 17.0 Å². The average molecular weight is 420 g/mol. The van der Waals surface area contributed by atoms with E-state index in [2.05, 4.69) is 5.32 Å². The van der Waals surface area contributed by atoms with Gasteiger partial charge in [-0.15, -0.1) is 0 Å². The number of aliphatic hydroxyl groups excluding tert-OH is 1. The zero-order valence-corrected chi connectivity index (χ0v) is 16.0. The summed E-state index contributed by atoms with van der Waals surface area (Å²) in [5.41, 5.74) is -0.160. The number of hydrogen-bond acceptors (Lipinski definition) is 6. The molecule has 0 fully saturated rings. The summed E-state index contributed by atoms with van der Waals surface area (Å²) >= 11 is 6.14. The van der Waals surface area contributed by atoms with Crippen LogP contribution in [0.1, 0.15) is 44.9 Å². The minimum atomic E-state index is -1.28. The summed E-state index contributed by atoms with van der Waals surface area (Å²) in [5.74, 6) is -3.88. The van der Waals surface area contributed by atoms with Gasteiger partial charge in [0.15, 0.2) is 0 Å². The van der Waals surface area contributed by atoms with Gasteiger partial charge in [-0.3, -0.25) is 4.79 Å². The molecule has 1 heterocycles. The zero-order chi connectivity index (χ0) is 21.3. The standard InChI is InChI=1S/C20H18ClNO7/c1-9-16(23)14-12(21)8-11(17(24)15(14)20(28)29-9)18(25)22-13(19(26)27)7-10-5-3-2-4-6-10/h2-6,8-9,13,16,23-24H,7H2,1H3,(H,22,25)(H,26,27)/t9-,13+,16-/m1/s1. The number of carboxylic acid groups (broad SMARTS) is 1. The number of phenolic OH excluding ortho intramolecular Hbond substituents is 1. The number of carbonyl (C=O) groups is 3. The Hall–Kier alpha value is -3.10. The van der Waals surface area contributed by atoms with Crippen LogP contribution in [0.15, 0.2) is 36.4 Å². The molecule has 0 saturated carbocycles. The number of hydrogen-bond donors (Lipinski definition) is 4. The van der Waals surface area contributed by atoms with Crippen LogP contribution in [0.3, 0.4) is 0 Å². The van der Waals surface area contributed by atoms with E-state index >= 15 is 0 Å². The second-order valence-electron chi connectivity index (χ2n) is 6.65. The number of nitrogens with one attached hydrogen (secondary N) is 1. The summed E-state index contributed by atoms with van der Waals surface area (Å²) in [7, 11) is 0. The highest BCUT2D eigenvalue weighted by molar-refractivity contribution is 6.32. The monoisotopic (exact) mass is 419 g/mol. The van der Waals surface area contributed by atoms with Crippen molar-refractivity contribution in [2.24, 2.45) is 0 Å². The van der Waals surface area contributed by atoms with Crippen LogP contribution in [0.4, 0.5) is 0 Å². The molecule has 2 aromatic rings. The molecule has 9 heteroatoms. The molecule has 0 aliphatic carbocycles. The van der Waals surface area contributed by atoms with Crippen molar-refractivity contribution >= 4 is 29.4 Å². The maximum atomic E-state index is 12.7. The third-order valence-corrected chi connectivity index (χ3v) is 4.97. The van der Waals surface area contributed by atoms with Gasteiger partial charge in [-0.2, -0.15) is 0 Å². The Bertz CT molecular complexity index is 977. The lowest BCUT2D eigenvalue weighted by Gasteiger charge is -2.29. The lowest BCUT2D eigenvalue weighted by molar-refractivity contribution is -0.139. The van der Waals surface area contributed by atoms with Crippen LogP contribution in [0.2, 0.25) is 5.02 Å². The Kier molecular flexibility index (Phi) is 5.76. The van der Waals surface area contributed by atoms with Crippen LogP contribution in [-0.4, -0.2) is 45.3 Å². The van der Waals surface area contributed by atoms with Crippen molar-refractivity contribution in [3.05, 3.63) is 63.7 Å². The molecule has 2 aromatic carbocycles. The molecular formula is C20H18ClNO7. The number of aromatic hydroxyl groups is 1. The van der Waals surface area contributed by atoms with E-state index in [9.17, 15) is 29.7 Å². The number of ether oxygens (including phenoxy) is 1. The van der Waals surface area contributed by atoms with Gasteiger partial charge in [0.2, 0.25) is 0 Å². The normalized spacial score (nSPS) is 19.1. The van der Waals surface area contributed by atoms with E-state index in [1.54, 1.807) is 30.3 Å². The molecule has 152 valence electrons. The first-order valence-corrected chi connectivity index (χ1v) is 9.10. The molecule has 0 radical (unpaired) electrons. The van der Waals surface area contributed by atoms with Crippen LogP contribution in [-0.2, 0) is 16.0 Å². The quantitative estimate of drug-likeness (QED) is 0.545. The number of amides is 1. The van der Waals surface area contributed by atoms with Crippen molar-refractivity contribution < 1.29 is 34.4 Å². The van der Waals surface area contributed by atoms with Crippen LogP contribution >= 0.6 is 11.6 Å². The fourth-order valence-corrected chi connectivity index (χ4v) is 3.45. The number of aliphatic hydroxyl groups is 1. The molecule has 3 atom stereocenters. The third kappa shape index (κ3) is 4.03. The van der Waals surface area contributed by atoms with E-state index in [1.807, 2.05) is 0 Å². The average Bonchev–Trinajstić information content (AvgIpc) is 2.67. The summed E-state index contributed by atoms with van der Waals surface area (Å²) in [6.45, 7) is 1.46.